The third-order valence-electron chi connectivity index (χ3n) is 8.97. The molecule has 0 aliphatic rings. The molecule has 0 aliphatic heterocycles. The Balaban J connectivity index is 1.70. The number of thioether (sulfide) groups is 2. The van der Waals surface area contributed by atoms with Gasteiger partial charge in [-0.05, 0) is 90.5 Å². The molecule has 0 bridgehead atoms. The zero-order chi connectivity index (χ0) is 38.5. The topological polar surface area (TPSA) is 36.9 Å². The van der Waals surface area contributed by atoms with Crippen molar-refractivity contribution in [1.82, 2.24) is 0 Å². The Bertz CT molecular complexity index is 1720. The van der Waals surface area contributed by atoms with Crippen LogP contribution in [0.5, 0.6) is 23.0 Å². The quantitative estimate of drug-likeness (QED) is 0.0946. The fourth-order valence-corrected chi connectivity index (χ4v) is 8.46. The standard InChI is InChI=1S/C46H61O4S2/c1-15-45(11,12)39-29-35(28-38(44(8,9)10)41(39)50-31-48-33-24-20-17-21-25-33)52-46(13,14)51-34-26-36(42(2,3)4)40(37(27-34)43(5,6)7)49-30-47-32-22-18-16-19-23-32/h16-29H,1,15,30-31H2,2-14H3. The van der Waals surface area contributed by atoms with Crippen LogP contribution in [0.15, 0.2) is 94.7 Å². The fraction of sp³-hybridized carbons (Fsp3) is 0.457. The highest BCUT2D eigenvalue weighted by molar-refractivity contribution is 8.18. The Morgan fingerprint density at radius 1 is 0.462 bits per heavy atom. The molecule has 0 spiro atoms. The van der Waals surface area contributed by atoms with E-state index in [1.165, 1.54) is 20.9 Å². The third kappa shape index (κ3) is 11.1. The second kappa shape index (κ2) is 16.4. The molecule has 4 aromatic carbocycles. The molecule has 6 heteroatoms. The van der Waals surface area contributed by atoms with E-state index in [1.807, 2.05) is 84.2 Å². The predicted octanol–water partition coefficient (Wildman–Crippen LogP) is 13.5. The Morgan fingerprint density at radius 2 is 0.788 bits per heavy atom. The third-order valence-corrected chi connectivity index (χ3v) is 11.4. The molecular formula is C46H61O4S2. The molecule has 0 fully saturated rings. The van der Waals surface area contributed by atoms with E-state index < -0.39 is 0 Å². The summed E-state index contributed by atoms with van der Waals surface area (Å²) >= 11 is 3.78. The molecule has 0 saturated heterocycles. The lowest BCUT2D eigenvalue weighted by Gasteiger charge is -2.34. The van der Waals surface area contributed by atoms with Crippen LogP contribution in [0, 0.1) is 6.92 Å². The van der Waals surface area contributed by atoms with E-state index in [4.69, 9.17) is 18.9 Å². The van der Waals surface area contributed by atoms with Crippen LogP contribution < -0.4 is 18.9 Å². The molecule has 4 aromatic rings. The molecule has 0 N–H and O–H groups in total. The zero-order valence-corrected chi connectivity index (χ0v) is 35.5. The lowest BCUT2D eigenvalue weighted by atomic mass is 9.77. The van der Waals surface area contributed by atoms with Crippen molar-refractivity contribution in [2.75, 3.05) is 13.6 Å². The zero-order valence-electron chi connectivity index (χ0n) is 33.9. The maximum Gasteiger partial charge on any atom is 0.230 e. The molecule has 281 valence electrons. The average Bonchev–Trinajstić information content (AvgIpc) is 3.04. The van der Waals surface area contributed by atoms with E-state index in [0.29, 0.717) is 0 Å². The Labute approximate surface area is 323 Å². The monoisotopic (exact) mass is 741 g/mol. The van der Waals surface area contributed by atoms with Crippen LogP contribution in [-0.4, -0.2) is 17.7 Å². The van der Waals surface area contributed by atoms with E-state index >= 15 is 0 Å². The van der Waals surface area contributed by atoms with Crippen molar-refractivity contribution in [1.29, 1.82) is 0 Å². The average molecular weight is 742 g/mol. The van der Waals surface area contributed by atoms with Crippen LogP contribution in [0.4, 0.5) is 0 Å². The van der Waals surface area contributed by atoms with Crippen LogP contribution >= 0.6 is 23.5 Å². The minimum absolute atomic E-state index is 0.130. The first-order valence-corrected chi connectivity index (χ1v) is 19.9. The number of ether oxygens (including phenoxy) is 4. The van der Waals surface area contributed by atoms with Gasteiger partial charge in [0.25, 0.3) is 0 Å². The van der Waals surface area contributed by atoms with Crippen LogP contribution in [0.2, 0.25) is 0 Å². The largest absolute Gasteiger partial charge is 0.458 e. The van der Waals surface area contributed by atoms with Gasteiger partial charge in [-0.1, -0.05) is 119 Å². The van der Waals surface area contributed by atoms with Crippen LogP contribution in [0.1, 0.15) is 119 Å². The van der Waals surface area contributed by atoms with Gasteiger partial charge in [0.1, 0.15) is 23.0 Å². The highest BCUT2D eigenvalue weighted by Gasteiger charge is 2.33. The predicted molar refractivity (Wildman–Crippen MR) is 223 cm³/mol. The van der Waals surface area contributed by atoms with E-state index in [0.717, 1.165) is 40.5 Å². The van der Waals surface area contributed by atoms with Crippen molar-refractivity contribution >= 4 is 23.5 Å². The second-order valence-corrected chi connectivity index (χ2v) is 21.3. The van der Waals surface area contributed by atoms with E-state index in [-0.39, 0.29) is 39.3 Å². The van der Waals surface area contributed by atoms with Crippen LogP contribution in [0.25, 0.3) is 0 Å². The van der Waals surface area contributed by atoms with Gasteiger partial charge in [0.15, 0.2) is 0 Å². The Morgan fingerprint density at radius 3 is 1.12 bits per heavy atom. The van der Waals surface area contributed by atoms with Gasteiger partial charge in [0.2, 0.25) is 13.6 Å². The van der Waals surface area contributed by atoms with Gasteiger partial charge in [0, 0.05) is 32.0 Å². The molecule has 0 aromatic heterocycles. The first-order chi connectivity index (χ1) is 24.1. The Hall–Kier alpha value is -3.22. The number of hydrogen-bond donors (Lipinski definition) is 0. The summed E-state index contributed by atoms with van der Waals surface area (Å²) in [5.74, 6) is 3.38. The lowest BCUT2D eigenvalue weighted by molar-refractivity contribution is 0.115. The van der Waals surface area contributed by atoms with Gasteiger partial charge < -0.3 is 18.9 Å². The van der Waals surface area contributed by atoms with Gasteiger partial charge in [0.05, 0.1) is 4.08 Å². The van der Waals surface area contributed by atoms with Crippen molar-refractivity contribution in [3.8, 4) is 23.0 Å². The molecule has 0 aliphatic carbocycles. The summed E-state index contributed by atoms with van der Waals surface area (Å²) in [5, 5.41) is 0. The molecule has 0 heterocycles. The molecule has 4 rings (SSSR count). The van der Waals surface area contributed by atoms with E-state index in [9.17, 15) is 0 Å². The van der Waals surface area contributed by atoms with Gasteiger partial charge in [-0.25, -0.2) is 0 Å². The molecule has 0 saturated carbocycles. The van der Waals surface area contributed by atoms with Crippen LogP contribution in [-0.2, 0) is 21.7 Å². The molecule has 0 atom stereocenters. The van der Waals surface area contributed by atoms with Crippen molar-refractivity contribution in [3.63, 3.8) is 0 Å². The minimum atomic E-state index is -0.209. The summed E-state index contributed by atoms with van der Waals surface area (Å²) < 4.78 is 24.8. The van der Waals surface area contributed by atoms with Gasteiger partial charge in [-0.2, -0.15) is 0 Å². The van der Waals surface area contributed by atoms with Crippen LogP contribution in [0.3, 0.4) is 0 Å². The summed E-state index contributed by atoms with van der Waals surface area (Å²) in [6.45, 7) is 34.0. The summed E-state index contributed by atoms with van der Waals surface area (Å²) in [6, 6.07) is 28.9. The maximum absolute atomic E-state index is 6.54. The number of para-hydroxylation sites is 2. The number of hydrogen-bond acceptors (Lipinski definition) is 6. The highest BCUT2D eigenvalue weighted by atomic mass is 32.2. The first-order valence-electron chi connectivity index (χ1n) is 18.3. The van der Waals surface area contributed by atoms with Gasteiger partial charge in [-0.15, -0.1) is 23.5 Å². The summed E-state index contributed by atoms with van der Waals surface area (Å²) in [5.41, 5.74) is 4.00. The smallest absolute Gasteiger partial charge is 0.230 e. The van der Waals surface area contributed by atoms with Crippen molar-refractivity contribution in [2.45, 2.75) is 132 Å². The fourth-order valence-electron chi connectivity index (χ4n) is 5.88. The molecule has 0 unspecified atom stereocenters. The van der Waals surface area contributed by atoms with E-state index in [2.05, 4.69) is 121 Å². The van der Waals surface area contributed by atoms with Crippen molar-refractivity contribution < 1.29 is 18.9 Å². The summed E-state index contributed by atoms with van der Waals surface area (Å²) in [7, 11) is 0. The molecule has 4 nitrogen and oxygen atoms in total. The van der Waals surface area contributed by atoms with E-state index in [1.54, 1.807) is 0 Å². The number of rotatable bonds is 14. The second-order valence-electron chi connectivity index (χ2n) is 17.6. The normalized spacial score (nSPS) is 12.8. The molecular weight excluding hydrogens is 681 g/mol. The minimum Gasteiger partial charge on any atom is -0.458 e. The summed E-state index contributed by atoms with van der Waals surface area (Å²) in [6.07, 6.45) is 0.731. The SMILES string of the molecule is [CH2]CC(C)(C)c1cc(SC(C)(C)Sc2cc(C(C)(C)C)c(OCOc3ccccc3)c(C(C)(C)C)c2)cc(C(C)(C)C)c1OCOc1ccccc1. The lowest BCUT2D eigenvalue weighted by Crippen LogP contribution is -2.23. The Kier molecular flexibility index (Phi) is 13.1. The summed E-state index contributed by atoms with van der Waals surface area (Å²) in [4.78, 5) is 2.43. The van der Waals surface area contributed by atoms with Gasteiger partial charge in [-0.3, -0.25) is 0 Å². The van der Waals surface area contributed by atoms with Gasteiger partial charge >= 0.3 is 0 Å². The van der Waals surface area contributed by atoms with Crippen molar-refractivity contribution in [3.05, 3.63) is 114 Å². The maximum atomic E-state index is 6.54. The number of benzene rings is 4. The molecule has 1 radical (unpaired) electrons. The molecule has 52 heavy (non-hydrogen) atoms. The highest BCUT2D eigenvalue weighted by Crippen LogP contribution is 2.51. The first kappa shape index (κ1) is 41.5. The van der Waals surface area contributed by atoms with Crippen molar-refractivity contribution in [2.24, 2.45) is 0 Å². The molecule has 0 amide bonds.